The van der Waals surface area contributed by atoms with E-state index in [0.29, 0.717) is 0 Å². The lowest BCUT2D eigenvalue weighted by molar-refractivity contribution is 0.331. The van der Waals surface area contributed by atoms with Gasteiger partial charge in [0, 0.05) is 6.42 Å². The summed E-state index contributed by atoms with van der Waals surface area (Å²) in [5, 5.41) is 3.24. The second-order valence-corrected chi connectivity index (χ2v) is 5.47. The zero-order valence-electron chi connectivity index (χ0n) is 12.0. The van der Waals surface area contributed by atoms with Crippen molar-refractivity contribution in [2.75, 3.05) is 13.1 Å². The number of rotatable bonds is 4. The predicted octanol–water partition coefficient (Wildman–Crippen LogP) is 3.96. The Bertz CT molecular complexity index is 404. The molecule has 1 aromatic carbocycles. The molecule has 0 amide bonds. The van der Waals surface area contributed by atoms with E-state index in [1.165, 1.54) is 31.2 Å². The summed E-state index contributed by atoms with van der Waals surface area (Å²) < 4.78 is 0. The van der Waals surface area contributed by atoms with Gasteiger partial charge in [-0.2, -0.15) is 0 Å². The van der Waals surface area contributed by atoms with Crippen molar-refractivity contribution in [3.05, 3.63) is 35.9 Å². The zero-order valence-corrected chi connectivity index (χ0v) is 12.0. The van der Waals surface area contributed by atoms with E-state index in [1.807, 2.05) is 0 Å². The molecule has 2 rings (SSSR count). The van der Waals surface area contributed by atoms with E-state index in [1.54, 1.807) is 0 Å². The molecule has 0 bridgehead atoms. The Morgan fingerprint density at radius 2 is 1.79 bits per heavy atom. The summed E-state index contributed by atoms with van der Waals surface area (Å²) in [4.78, 5) is 0. The molecule has 0 radical (unpaired) electrons. The number of hydrogen-bond acceptors (Lipinski definition) is 1. The van der Waals surface area contributed by atoms with Gasteiger partial charge in [0.2, 0.25) is 0 Å². The quantitative estimate of drug-likeness (QED) is 0.634. The van der Waals surface area contributed by atoms with E-state index in [-0.39, 0.29) is 0 Å². The largest absolute Gasteiger partial charge is 0.307 e. The Morgan fingerprint density at radius 3 is 2.47 bits per heavy atom. The van der Waals surface area contributed by atoms with Crippen molar-refractivity contribution in [2.24, 2.45) is 5.92 Å². The van der Waals surface area contributed by atoms with Gasteiger partial charge < -0.3 is 5.32 Å². The van der Waals surface area contributed by atoms with Crippen LogP contribution < -0.4 is 5.32 Å². The number of nitrogens with one attached hydrogen (secondary N) is 1. The third-order valence-corrected chi connectivity index (χ3v) is 4.10. The maximum absolute atomic E-state index is 3.33. The topological polar surface area (TPSA) is 12.0 Å². The molecule has 0 unspecified atom stereocenters. The average molecular weight is 255 g/mol. The molecular formula is C18H25N. The molecule has 1 N–H and O–H groups in total. The van der Waals surface area contributed by atoms with Gasteiger partial charge in [-0.3, -0.25) is 0 Å². The lowest BCUT2D eigenvalue weighted by atomic mass is 9.78. The van der Waals surface area contributed by atoms with Crippen LogP contribution in [-0.4, -0.2) is 13.1 Å². The molecule has 1 aliphatic carbocycles. The summed E-state index contributed by atoms with van der Waals surface area (Å²) >= 11 is 0. The molecule has 0 aromatic heterocycles. The first kappa shape index (κ1) is 14.2. The molecule has 1 nitrogen and oxygen atoms in total. The molecule has 1 aliphatic rings. The van der Waals surface area contributed by atoms with E-state index in [9.17, 15) is 0 Å². The van der Waals surface area contributed by atoms with Crippen molar-refractivity contribution < 1.29 is 0 Å². The van der Waals surface area contributed by atoms with Crippen LogP contribution in [0.1, 0.15) is 50.5 Å². The van der Waals surface area contributed by atoms with Gasteiger partial charge in [0.25, 0.3) is 0 Å². The molecule has 1 fully saturated rings. The van der Waals surface area contributed by atoms with Gasteiger partial charge >= 0.3 is 0 Å². The standard InChI is InChI=1S/C18H25N/c1-2-19-15-7-6-8-16-11-13-18(14-12-16)17-9-4-3-5-10-17/h3-5,9-10,16,18-19H,2,8,11-15H2,1H3. The van der Waals surface area contributed by atoms with Crippen molar-refractivity contribution in [1.29, 1.82) is 0 Å². The van der Waals surface area contributed by atoms with Gasteiger partial charge in [0.15, 0.2) is 0 Å². The smallest absolute Gasteiger partial charge is 0.0576 e. The van der Waals surface area contributed by atoms with Crippen LogP contribution in [0.3, 0.4) is 0 Å². The lowest BCUT2D eigenvalue weighted by Gasteiger charge is -2.27. The van der Waals surface area contributed by atoms with Gasteiger partial charge in [-0.1, -0.05) is 43.2 Å². The maximum atomic E-state index is 3.33. The Morgan fingerprint density at radius 1 is 1.05 bits per heavy atom. The number of hydrogen-bond donors (Lipinski definition) is 1. The summed E-state index contributed by atoms with van der Waals surface area (Å²) in [6.45, 7) is 3.97. The molecule has 0 atom stereocenters. The highest BCUT2D eigenvalue weighted by atomic mass is 14.8. The first-order chi connectivity index (χ1) is 9.40. The fraction of sp³-hybridized carbons (Fsp3) is 0.556. The molecule has 0 heterocycles. The van der Waals surface area contributed by atoms with Crippen LogP contribution in [0.5, 0.6) is 0 Å². The van der Waals surface area contributed by atoms with Gasteiger partial charge in [-0.05, 0) is 49.6 Å². The highest BCUT2D eigenvalue weighted by molar-refractivity contribution is 5.20. The minimum atomic E-state index is 0.784. The van der Waals surface area contributed by atoms with Crippen LogP contribution in [0.15, 0.2) is 30.3 Å². The third-order valence-electron chi connectivity index (χ3n) is 4.10. The van der Waals surface area contributed by atoms with Crippen molar-refractivity contribution >= 4 is 0 Å². The molecule has 0 saturated heterocycles. The Kier molecular flexibility index (Phi) is 5.98. The first-order valence-corrected chi connectivity index (χ1v) is 7.61. The number of benzene rings is 1. The minimum Gasteiger partial charge on any atom is -0.307 e. The lowest BCUT2D eigenvalue weighted by Crippen LogP contribution is -2.13. The highest BCUT2D eigenvalue weighted by Crippen LogP contribution is 2.36. The Hall–Kier alpha value is -1.26. The Labute approximate surface area is 117 Å². The highest BCUT2D eigenvalue weighted by Gasteiger charge is 2.21. The minimum absolute atomic E-state index is 0.784. The van der Waals surface area contributed by atoms with Crippen molar-refractivity contribution in [2.45, 2.75) is 44.9 Å². The molecule has 1 saturated carbocycles. The van der Waals surface area contributed by atoms with Crippen molar-refractivity contribution in [3.8, 4) is 11.8 Å². The fourth-order valence-electron chi connectivity index (χ4n) is 2.89. The second-order valence-electron chi connectivity index (χ2n) is 5.47. The fourth-order valence-corrected chi connectivity index (χ4v) is 2.89. The summed E-state index contributed by atoms with van der Waals surface area (Å²) in [5.74, 6) is 8.16. The summed E-state index contributed by atoms with van der Waals surface area (Å²) in [6, 6.07) is 11.0. The van der Waals surface area contributed by atoms with E-state index >= 15 is 0 Å². The molecule has 102 valence electrons. The Balaban J connectivity index is 1.72. The van der Waals surface area contributed by atoms with Crippen LogP contribution in [-0.2, 0) is 0 Å². The van der Waals surface area contributed by atoms with E-state index in [2.05, 4.69) is 54.4 Å². The van der Waals surface area contributed by atoms with Crippen LogP contribution in [0.25, 0.3) is 0 Å². The van der Waals surface area contributed by atoms with Crippen LogP contribution in [0, 0.1) is 17.8 Å². The third kappa shape index (κ3) is 4.73. The molecule has 19 heavy (non-hydrogen) atoms. The van der Waals surface area contributed by atoms with Gasteiger partial charge in [-0.15, -0.1) is 5.92 Å². The first-order valence-electron chi connectivity index (χ1n) is 7.61. The van der Waals surface area contributed by atoms with Crippen LogP contribution >= 0.6 is 0 Å². The SMILES string of the molecule is CCNCC#CCC1CCC(c2ccccc2)CC1. The van der Waals surface area contributed by atoms with Gasteiger partial charge in [0.05, 0.1) is 6.54 Å². The van der Waals surface area contributed by atoms with E-state index < -0.39 is 0 Å². The maximum Gasteiger partial charge on any atom is 0.0576 e. The normalized spacial score (nSPS) is 22.6. The molecule has 1 aromatic rings. The van der Waals surface area contributed by atoms with Crippen LogP contribution in [0.2, 0.25) is 0 Å². The predicted molar refractivity (Wildman–Crippen MR) is 82.1 cm³/mol. The second kappa shape index (κ2) is 8.02. The molecule has 0 spiro atoms. The average Bonchev–Trinajstić information content (AvgIpc) is 2.49. The van der Waals surface area contributed by atoms with E-state index in [0.717, 1.165) is 31.3 Å². The summed E-state index contributed by atoms with van der Waals surface area (Å²) in [5.41, 5.74) is 1.53. The molecule has 1 heteroatoms. The summed E-state index contributed by atoms with van der Waals surface area (Å²) in [6.07, 6.45) is 6.45. The van der Waals surface area contributed by atoms with Gasteiger partial charge in [0.1, 0.15) is 0 Å². The molecule has 0 aliphatic heterocycles. The summed E-state index contributed by atoms with van der Waals surface area (Å²) in [7, 11) is 0. The molecular weight excluding hydrogens is 230 g/mol. The van der Waals surface area contributed by atoms with Crippen molar-refractivity contribution in [3.63, 3.8) is 0 Å². The van der Waals surface area contributed by atoms with Gasteiger partial charge in [-0.25, -0.2) is 0 Å². The van der Waals surface area contributed by atoms with E-state index in [4.69, 9.17) is 0 Å². The monoisotopic (exact) mass is 255 g/mol. The zero-order chi connectivity index (χ0) is 13.3. The van der Waals surface area contributed by atoms with Crippen LogP contribution in [0.4, 0.5) is 0 Å². The van der Waals surface area contributed by atoms with Crippen molar-refractivity contribution in [1.82, 2.24) is 5.32 Å².